The van der Waals surface area contributed by atoms with Crippen molar-refractivity contribution in [3.05, 3.63) is 46.3 Å². The predicted octanol–water partition coefficient (Wildman–Crippen LogP) is 3.24. The van der Waals surface area contributed by atoms with Crippen molar-refractivity contribution in [1.29, 1.82) is 0 Å². The first-order chi connectivity index (χ1) is 10.0. The van der Waals surface area contributed by atoms with E-state index in [9.17, 15) is 14.5 Å². The van der Waals surface area contributed by atoms with Crippen molar-refractivity contribution < 1.29 is 14.1 Å². The molecule has 7 heteroatoms. The number of hydrogen-bond acceptors (Lipinski definition) is 5. The number of rotatable bonds is 5. The molecule has 2 aromatic rings. The molecular formula is C14H14FN3O3. The van der Waals surface area contributed by atoms with Gasteiger partial charge >= 0.3 is 0 Å². The number of anilines is 1. The van der Waals surface area contributed by atoms with Gasteiger partial charge in [-0.2, -0.15) is 0 Å². The molecule has 0 saturated carbocycles. The van der Waals surface area contributed by atoms with Crippen LogP contribution in [0, 0.1) is 15.9 Å². The number of hydrogen-bond donors (Lipinski definition) is 1. The SMILES string of the molecule is CCNc1cc([N+](=O)[O-])cc(-c2ccc(OC)cc2F)n1. The number of benzene rings is 1. The van der Waals surface area contributed by atoms with Gasteiger partial charge in [0.15, 0.2) is 0 Å². The summed E-state index contributed by atoms with van der Waals surface area (Å²) in [5.74, 6) is 0.148. The first-order valence-corrected chi connectivity index (χ1v) is 6.29. The van der Waals surface area contributed by atoms with Crippen LogP contribution < -0.4 is 10.1 Å². The molecular weight excluding hydrogens is 277 g/mol. The summed E-state index contributed by atoms with van der Waals surface area (Å²) in [6.07, 6.45) is 0. The second-order valence-electron chi connectivity index (χ2n) is 4.23. The molecule has 6 nitrogen and oxygen atoms in total. The van der Waals surface area contributed by atoms with E-state index in [4.69, 9.17) is 4.74 Å². The summed E-state index contributed by atoms with van der Waals surface area (Å²) < 4.78 is 19.0. The van der Waals surface area contributed by atoms with Crippen LogP contribution in [-0.2, 0) is 0 Å². The van der Waals surface area contributed by atoms with E-state index < -0.39 is 10.7 Å². The fraction of sp³-hybridized carbons (Fsp3) is 0.214. The van der Waals surface area contributed by atoms with Crippen molar-refractivity contribution >= 4 is 11.5 Å². The van der Waals surface area contributed by atoms with Crippen molar-refractivity contribution in [2.45, 2.75) is 6.92 Å². The number of aromatic nitrogens is 1. The van der Waals surface area contributed by atoms with E-state index >= 15 is 0 Å². The van der Waals surface area contributed by atoms with Crippen molar-refractivity contribution in [3.63, 3.8) is 0 Å². The summed E-state index contributed by atoms with van der Waals surface area (Å²) in [6.45, 7) is 2.40. The summed E-state index contributed by atoms with van der Waals surface area (Å²) in [4.78, 5) is 14.6. The van der Waals surface area contributed by atoms with Crippen LogP contribution in [0.4, 0.5) is 15.9 Å². The molecule has 0 spiro atoms. The summed E-state index contributed by atoms with van der Waals surface area (Å²) in [7, 11) is 1.43. The third-order valence-electron chi connectivity index (χ3n) is 2.83. The van der Waals surface area contributed by atoms with E-state index in [-0.39, 0.29) is 16.9 Å². The van der Waals surface area contributed by atoms with E-state index in [1.807, 2.05) is 6.92 Å². The molecule has 0 aliphatic heterocycles. The van der Waals surface area contributed by atoms with Gasteiger partial charge in [0.05, 0.1) is 23.8 Å². The van der Waals surface area contributed by atoms with E-state index in [1.165, 1.54) is 31.4 Å². The molecule has 1 N–H and O–H groups in total. The zero-order valence-corrected chi connectivity index (χ0v) is 11.6. The van der Waals surface area contributed by atoms with E-state index in [0.29, 0.717) is 18.1 Å². The van der Waals surface area contributed by atoms with Gasteiger partial charge in [0.2, 0.25) is 0 Å². The lowest BCUT2D eigenvalue weighted by atomic mass is 10.1. The van der Waals surface area contributed by atoms with Crippen molar-refractivity contribution in [2.24, 2.45) is 0 Å². The lowest BCUT2D eigenvalue weighted by Crippen LogP contribution is -2.02. The Morgan fingerprint density at radius 3 is 2.71 bits per heavy atom. The fourth-order valence-electron chi connectivity index (χ4n) is 1.86. The summed E-state index contributed by atoms with van der Waals surface area (Å²) in [6, 6.07) is 6.82. The summed E-state index contributed by atoms with van der Waals surface area (Å²) in [5.41, 5.74) is 0.227. The zero-order valence-electron chi connectivity index (χ0n) is 11.6. The van der Waals surface area contributed by atoms with Crippen LogP contribution in [0.15, 0.2) is 30.3 Å². The van der Waals surface area contributed by atoms with Crippen LogP contribution in [0.1, 0.15) is 6.92 Å². The molecule has 0 bridgehead atoms. The van der Waals surface area contributed by atoms with Crippen molar-refractivity contribution in [3.8, 4) is 17.0 Å². The normalized spacial score (nSPS) is 10.2. The highest BCUT2D eigenvalue weighted by molar-refractivity contribution is 5.66. The Labute approximate surface area is 120 Å². The number of halogens is 1. The highest BCUT2D eigenvalue weighted by Gasteiger charge is 2.15. The average molecular weight is 291 g/mol. The van der Waals surface area contributed by atoms with Gasteiger partial charge in [-0.15, -0.1) is 0 Å². The number of ether oxygens (including phenoxy) is 1. The smallest absolute Gasteiger partial charge is 0.275 e. The van der Waals surface area contributed by atoms with Gasteiger partial charge in [-0.25, -0.2) is 9.37 Å². The lowest BCUT2D eigenvalue weighted by molar-refractivity contribution is -0.384. The predicted molar refractivity (Wildman–Crippen MR) is 77.0 cm³/mol. The topological polar surface area (TPSA) is 77.3 Å². The van der Waals surface area contributed by atoms with E-state index in [2.05, 4.69) is 10.3 Å². The maximum absolute atomic E-state index is 14.1. The number of nitrogens with one attached hydrogen (secondary N) is 1. The van der Waals surface area contributed by atoms with Gasteiger partial charge in [0.25, 0.3) is 5.69 Å². The maximum Gasteiger partial charge on any atom is 0.275 e. The van der Waals surface area contributed by atoms with Gasteiger partial charge in [-0.1, -0.05) is 0 Å². The van der Waals surface area contributed by atoms with Crippen molar-refractivity contribution in [2.75, 3.05) is 19.0 Å². The van der Waals surface area contributed by atoms with Crippen LogP contribution in [0.3, 0.4) is 0 Å². The molecule has 0 fully saturated rings. The first-order valence-electron chi connectivity index (χ1n) is 6.29. The van der Waals surface area contributed by atoms with Crippen LogP contribution in [0.2, 0.25) is 0 Å². The molecule has 0 amide bonds. The largest absolute Gasteiger partial charge is 0.497 e. The van der Waals surface area contributed by atoms with Gasteiger partial charge in [-0.05, 0) is 19.1 Å². The lowest BCUT2D eigenvalue weighted by Gasteiger charge is -2.08. The Morgan fingerprint density at radius 1 is 1.38 bits per heavy atom. The molecule has 0 aliphatic rings. The molecule has 1 heterocycles. The molecule has 0 unspecified atom stereocenters. The summed E-state index contributed by atoms with van der Waals surface area (Å²) in [5, 5.41) is 13.9. The van der Waals surface area contributed by atoms with Gasteiger partial charge in [0, 0.05) is 24.2 Å². The van der Waals surface area contributed by atoms with Crippen LogP contribution in [0.25, 0.3) is 11.3 Å². The number of nitro groups is 1. The number of nitrogens with zero attached hydrogens (tertiary/aromatic N) is 2. The molecule has 0 aliphatic carbocycles. The molecule has 110 valence electrons. The van der Waals surface area contributed by atoms with Crippen LogP contribution in [0.5, 0.6) is 5.75 Å². The van der Waals surface area contributed by atoms with Crippen molar-refractivity contribution in [1.82, 2.24) is 4.98 Å². The Morgan fingerprint density at radius 2 is 2.14 bits per heavy atom. The Kier molecular flexibility index (Phi) is 4.32. The Balaban J connectivity index is 2.54. The number of pyridine rings is 1. The highest BCUT2D eigenvalue weighted by Crippen LogP contribution is 2.29. The minimum absolute atomic E-state index is 0.147. The second-order valence-corrected chi connectivity index (χ2v) is 4.23. The minimum atomic E-state index is -0.551. The van der Waals surface area contributed by atoms with E-state index in [1.54, 1.807) is 6.07 Å². The third kappa shape index (κ3) is 3.25. The zero-order chi connectivity index (χ0) is 15.4. The average Bonchev–Trinajstić information content (AvgIpc) is 2.47. The van der Waals surface area contributed by atoms with Gasteiger partial charge in [0.1, 0.15) is 17.4 Å². The highest BCUT2D eigenvalue weighted by atomic mass is 19.1. The second kappa shape index (κ2) is 6.17. The standard InChI is InChI=1S/C14H14FN3O3/c1-3-16-14-7-9(18(19)20)6-13(17-14)11-5-4-10(21-2)8-12(11)15/h4-8H,3H2,1-2H3,(H,16,17). The maximum atomic E-state index is 14.1. The first kappa shape index (κ1) is 14.7. The molecule has 21 heavy (non-hydrogen) atoms. The Bertz CT molecular complexity index is 677. The van der Waals surface area contributed by atoms with Gasteiger partial charge < -0.3 is 10.1 Å². The Hall–Kier alpha value is -2.70. The molecule has 2 rings (SSSR count). The molecule has 0 radical (unpaired) electrons. The van der Waals surface area contributed by atoms with Gasteiger partial charge in [-0.3, -0.25) is 10.1 Å². The number of methoxy groups -OCH3 is 1. The summed E-state index contributed by atoms with van der Waals surface area (Å²) >= 11 is 0. The molecule has 0 saturated heterocycles. The molecule has 0 atom stereocenters. The van der Waals surface area contributed by atoms with E-state index in [0.717, 1.165) is 0 Å². The third-order valence-corrected chi connectivity index (χ3v) is 2.83. The minimum Gasteiger partial charge on any atom is -0.497 e. The monoisotopic (exact) mass is 291 g/mol. The molecule has 1 aromatic carbocycles. The van der Waals surface area contributed by atoms with Crippen LogP contribution in [-0.4, -0.2) is 23.6 Å². The van der Waals surface area contributed by atoms with Crippen LogP contribution >= 0.6 is 0 Å². The molecule has 1 aromatic heterocycles. The fourth-order valence-corrected chi connectivity index (χ4v) is 1.86. The quantitative estimate of drug-likeness (QED) is 0.676.